The third-order valence-corrected chi connectivity index (χ3v) is 3.83. The maximum Gasteiger partial charge on any atom is 0.325 e. The molecule has 0 radical (unpaired) electrons. The number of halogens is 2. The van der Waals surface area contributed by atoms with E-state index in [-0.39, 0.29) is 5.69 Å². The van der Waals surface area contributed by atoms with Crippen LogP contribution in [0.2, 0.25) is 0 Å². The van der Waals surface area contributed by atoms with E-state index in [4.69, 9.17) is 0 Å². The first kappa shape index (κ1) is 15.0. The lowest BCUT2D eigenvalue weighted by atomic mass is 10.2. The van der Waals surface area contributed by atoms with Crippen molar-refractivity contribution in [3.05, 3.63) is 60.6 Å². The predicted octanol–water partition coefficient (Wildman–Crippen LogP) is 4.13. The van der Waals surface area contributed by atoms with Gasteiger partial charge in [-0.05, 0) is 29.8 Å². The van der Waals surface area contributed by atoms with Gasteiger partial charge in [0, 0.05) is 30.3 Å². The molecule has 0 aliphatic heterocycles. The molecule has 0 spiro atoms. The van der Waals surface area contributed by atoms with Crippen molar-refractivity contribution in [2.45, 2.75) is 0 Å². The summed E-state index contributed by atoms with van der Waals surface area (Å²) < 4.78 is 25.9. The zero-order valence-corrected chi connectivity index (χ0v) is 12.4. The maximum absolute atomic E-state index is 13.1. The zero-order valence-electron chi connectivity index (χ0n) is 11.6. The fourth-order valence-corrected chi connectivity index (χ4v) is 2.63. The smallest absolute Gasteiger partial charge is 0.308 e. The SMILES string of the molecule is O=C(Nc1ccc(F)c(F)c1)Nc1ncc(-c2ccncc2)s1. The molecule has 2 aromatic heterocycles. The molecule has 116 valence electrons. The number of thiazole rings is 1. The third kappa shape index (κ3) is 3.67. The monoisotopic (exact) mass is 332 g/mol. The molecule has 0 aliphatic carbocycles. The lowest BCUT2D eigenvalue weighted by Gasteiger charge is -2.05. The van der Waals surface area contributed by atoms with Gasteiger partial charge in [-0.25, -0.2) is 18.6 Å². The molecular formula is C15H10F2N4OS. The first-order chi connectivity index (χ1) is 11.1. The molecule has 3 rings (SSSR count). The van der Waals surface area contributed by atoms with Crippen LogP contribution in [0.5, 0.6) is 0 Å². The Hall–Kier alpha value is -2.87. The highest BCUT2D eigenvalue weighted by molar-refractivity contribution is 7.19. The van der Waals surface area contributed by atoms with Gasteiger partial charge in [0.2, 0.25) is 0 Å². The number of rotatable bonds is 3. The molecule has 8 heteroatoms. The summed E-state index contributed by atoms with van der Waals surface area (Å²) in [4.78, 5) is 20.7. The average molecular weight is 332 g/mol. The maximum atomic E-state index is 13.1. The quantitative estimate of drug-likeness (QED) is 0.758. The van der Waals surface area contributed by atoms with Gasteiger partial charge < -0.3 is 5.32 Å². The van der Waals surface area contributed by atoms with Gasteiger partial charge in [-0.1, -0.05) is 11.3 Å². The van der Waals surface area contributed by atoms with E-state index in [1.54, 1.807) is 18.6 Å². The highest BCUT2D eigenvalue weighted by atomic mass is 32.1. The highest BCUT2D eigenvalue weighted by Gasteiger charge is 2.09. The molecule has 3 aromatic rings. The molecule has 5 nitrogen and oxygen atoms in total. The van der Waals surface area contributed by atoms with Gasteiger partial charge in [0.25, 0.3) is 0 Å². The predicted molar refractivity (Wildman–Crippen MR) is 84.3 cm³/mol. The summed E-state index contributed by atoms with van der Waals surface area (Å²) in [5, 5.41) is 5.33. The number of urea groups is 1. The second-order valence-corrected chi connectivity index (χ2v) is 5.50. The van der Waals surface area contributed by atoms with E-state index in [0.29, 0.717) is 5.13 Å². The van der Waals surface area contributed by atoms with Crippen molar-refractivity contribution in [3.63, 3.8) is 0 Å². The van der Waals surface area contributed by atoms with Gasteiger partial charge in [0.1, 0.15) is 0 Å². The van der Waals surface area contributed by atoms with E-state index < -0.39 is 17.7 Å². The van der Waals surface area contributed by atoms with Crippen LogP contribution in [-0.4, -0.2) is 16.0 Å². The number of carbonyl (C=O) groups is 1. The standard InChI is InChI=1S/C15H10F2N4OS/c16-11-2-1-10(7-12(11)17)20-14(22)21-15-19-8-13(23-15)9-3-5-18-6-4-9/h1-8H,(H2,19,20,21,22). The lowest BCUT2D eigenvalue weighted by molar-refractivity contribution is 0.262. The number of nitrogens with one attached hydrogen (secondary N) is 2. The Morgan fingerprint density at radius 3 is 2.57 bits per heavy atom. The number of anilines is 2. The Bertz CT molecular complexity index is 839. The van der Waals surface area contributed by atoms with Crippen LogP contribution in [-0.2, 0) is 0 Å². The van der Waals surface area contributed by atoms with Crippen molar-refractivity contribution < 1.29 is 13.6 Å². The number of carbonyl (C=O) groups excluding carboxylic acids is 1. The lowest BCUT2D eigenvalue weighted by Crippen LogP contribution is -2.19. The van der Waals surface area contributed by atoms with Gasteiger partial charge in [-0.3, -0.25) is 10.3 Å². The van der Waals surface area contributed by atoms with Crippen molar-refractivity contribution >= 4 is 28.2 Å². The van der Waals surface area contributed by atoms with Gasteiger partial charge in [0.05, 0.1) is 4.88 Å². The van der Waals surface area contributed by atoms with Gasteiger partial charge in [0.15, 0.2) is 16.8 Å². The van der Waals surface area contributed by atoms with Crippen LogP contribution in [0.3, 0.4) is 0 Å². The van der Waals surface area contributed by atoms with Crippen molar-refractivity contribution in [2.24, 2.45) is 0 Å². The van der Waals surface area contributed by atoms with E-state index in [0.717, 1.165) is 22.6 Å². The van der Waals surface area contributed by atoms with Crippen molar-refractivity contribution in [1.82, 2.24) is 9.97 Å². The van der Waals surface area contributed by atoms with Crippen LogP contribution >= 0.6 is 11.3 Å². The molecule has 0 bridgehead atoms. The molecule has 1 aromatic carbocycles. The summed E-state index contributed by atoms with van der Waals surface area (Å²) >= 11 is 1.29. The number of pyridine rings is 1. The fourth-order valence-electron chi connectivity index (χ4n) is 1.81. The van der Waals surface area contributed by atoms with Crippen LogP contribution in [0, 0.1) is 11.6 Å². The van der Waals surface area contributed by atoms with E-state index in [1.807, 2.05) is 12.1 Å². The normalized spacial score (nSPS) is 10.3. The van der Waals surface area contributed by atoms with Crippen molar-refractivity contribution in [1.29, 1.82) is 0 Å². The fraction of sp³-hybridized carbons (Fsp3) is 0. The highest BCUT2D eigenvalue weighted by Crippen LogP contribution is 2.28. The average Bonchev–Trinajstić information content (AvgIpc) is 3.00. The molecule has 0 fully saturated rings. The number of hydrogen-bond donors (Lipinski definition) is 2. The summed E-state index contributed by atoms with van der Waals surface area (Å²) in [5.74, 6) is -2.00. The number of aromatic nitrogens is 2. The molecule has 2 heterocycles. The molecule has 0 saturated heterocycles. The Morgan fingerprint density at radius 1 is 1.04 bits per heavy atom. The summed E-state index contributed by atoms with van der Waals surface area (Å²) in [7, 11) is 0. The minimum atomic E-state index is -1.03. The zero-order chi connectivity index (χ0) is 16.2. The van der Waals surface area contributed by atoms with Crippen LogP contribution in [0.1, 0.15) is 0 Å². The largest absolute Gasteiger partial charge is 0.325 e. The van der Waals surface area contributed by atoms with Crippen LogP contribution in [0.4, 0.5) is 24.4 Å². The molecule has 0 atom stereocenters. The number of amides is 2. The minimum Gasteiger partial charge on any atom is -0.308 e. The molecule has 23 heavy (non-hydrogen) atoms. The Balaban J connectivity index is 1.66. The van der Waals surface area contributed by atoms with Crippen LogP contribution < -0.4 is 10.6 Å². The van der Waals surface area contributed by atoms with Crippen LogP contribution in [0.25, 0.3) is 10.4 Å². The topological polar surface area (TPSA) is 66.9 Å². The molecule has 0 aliphatic rings. The second-order valence-electron chi connectivity index (χ2n) is 4.47. The second kappa shape index (κ2) is 6.49. The molecule has 0 saturated carbocycles. The Kier molecular flexibility index (Phi) is 4.24. The van der Waals surface area contributed by atoms with Gasteiger partial charge in [-0.2, -0.15) is 0 Å². The van der Waals surface area contributed by atoms with E-state index in [9.17, 15) is 13.6 Å². The number of benzene rings is 1. The third-order valence-electron chi connectivity index (χ3n) is 2.87. The van der Waals surface area contributed by atoms with E-state index in [1.165, 1.54) is 17.4 Å². The van der Waals surface area contributed by atoms with Crippen molar-refractivity contribution in [3.8, 4) is 10.4 Å². The molecule has 2 amide bonds. The Labute approximate surface area is 134 Å². The van der Waals surface area contributed by atoms with Gasteiger partial charge >= 0.3 is 6.03 Å². The molecular weight excluding hydrogens is 322 g/mol. The number of hydrogen-bond acceptors (Lipinski definition) is 4. The molecule has 0 unspecified atom stereocenters. The molecule has 2 N–H and O–H groups in total. The first-order valence-electron chi connectivity index (χ1n) is 6.51. The summed E-state index contributed by atoms with van der Waals surface area (Å²) in [6.45, 7) is 0. The van der Waals surface area contributed by atoms with Crippen molar-refractivity contribution in [2.75, 3.05) is 10.6 Å². The summed E-state index contributed by atoms with van der Waals surface area (Å²) in [6, 6.07) is 6.18. The minimum absolute atomic E-state index is 0.146. The summed E-state index contributed by atoms with van der Waals surface area (Å²) in [5.41, 5.74) is 1.08. The number of nitrogens with zero attached hydrogens (tertiary/aromatic N) is 2. The van der Waals surface area contributed by atoms with E-state index >= 15 is 0 Å². The van der Waals surface area contributed by atoms with Gasteiger partial charge in [-0.15, -0.1) is 0 Å². The van der Waals surface area contributed by atoms with E-state index in [2.05, 4.69) is 20.6 Å². The Morgan fingerprint density at radius 2 is 1.83 bits per heavy atom. The first-order valence-corrected chi connectivity index (χ1v) is 7.33. The van der Waals surface area contributed by atoms with Crippen LogP contribution in [0.15, 0.2) is 48.9 Å². The summed E-state index contributed by atoms with van der Waals surface area (Å²) in [6.07, 6.45) is 4.96.